The van der Waals surface area contributed by atoms with E-state index < -0.39 is 10.0 Å². The average molecular weight is 424 g/mol. The van der Waals surface area contributed by atoms with Crippen molar-refractivity contribution < 1.29 is 18.3 Å². The molecule has 2 aromatic rings. The molecule has 9 heteroatoms. The number of sulfonamides is 1. The van der Waals surface area contributed by atoms with E-state index in [4.69, 9.17) is 4.74 Å². The Morgan fingerprint density at radius 3 is 2.88 bits per heavy atom. The van der Waals surface area contributed by atoms with E-state index in [-0.39, 0.29) is 16.5 Å². The third kappa shape index (κ3) is 3.52. The van der Waals surface area contributed by atoms with Gasteiger partial charge in [-0.05, 0) is 52.7 Å². The zero-order valence-corrected chi connectivity index (χ0v) is 15.5. The largest absolute Gasteiger partial charge is 0.503 e. The molecule has 0 saturated carbocycles. The molecule has 0 saturated heterocycles. The van der Waals surface area contributed by atoms with Crippen molar-refractivity contribution in [3.63, 3.8) is 0 Å². The summed E-state index contributed by atoms with van der Waals surface area (Å²) in [7, 11) is -3.69. The van der Waals surface area contributed by atoms with Gasteiger partial charge in [0.05, 0.1) is 17.3 Å². The topological polar surface area (TPSA) is 100 Å². The molecule has 0 unspecified atom stereocenters. The predicted molar refractivity (Wildman–Crippen MR) is 97.9 cm³/mol. The van der Waals surface area contributed by atoms with Gasteiger partial charge in [-0.15, -0.1) is 4.40 Å². The maximum Gasteiger partial charge on any atom is 0.285 e. The zero-order valence-electron chi connectivity index (χ0n) is 13.1. The summed E-state index contributed by atoms with van der Waals surface area (Å²) in [6.07, 6.45) is 1.47. The number of hydrogen-bond donors (Lipinski definition) is 2. The first-order valence-corrected chi connectivity index (χ1v) is 9.54. The number of fused-ring (bicyclic) bond motifs is 1. The van der Waals surface area contributed by atoms with Gasteiger partial charge in [0.2, 0.25) is 0 Å². The lowest BCUT2D eigenvalue weighted by Crippen LogP contribution is -2.17. The van der Waals surface area contributed by atoms with Crippen LogP contribution >= 0.6 is 15.9 Å². The molecule has 0 amide bonds. The Morgan fingerprint density at radius 1 is 1.36 bits per heavy atom. The maximum absolute atomic E-state index is 12.0. The van der Waals surface area contributed by atoms with Crippen LogP contribution in [0.4, 0.5) is 0 Å². The van der Waals surface area contributed by atoms with Crippen molar-refractivity contribution in [1.29, 1.82) is 0 Å². The van der Waals surface area contributed by atoms with E-state index in [0.29, 0.717) is 28.0 Å². The van der Waals surface area contributed by atoms with E-state index in [9.17, 15) is 13.5 Å². The molecule has 7 nitrogen and oxygen atoms in total. The number of hydrazone groups is 1. The highest BCUT2D eigenvalue weighted by Gasteiger charge is 2.28. The van der Waals surface area contributed by atoms with Crippen LogP contribution in [0.5, 0.6) is 11.5 Å². The molecule has 3 rings (SSSR count). The highest BCUT2D eigenvalue weighted by atomic mass is 79.9. The van der Waals surface area contributed by atoms with Crippen molar-refractivity contribution in [2.24, 2.45) is 9.50 Å². The molecule has 0 spiro atoms. The maximum atomic E-state index is 12.0. The number of halogens is 1. The number of phenolic OH excluding ortho intramolecular Hbond substituents is 1. The Balaban J connectivity index is 1.83. The first kappa shape index (κ1) is 17.4. The molecule has 0 atom stereocenters. The molecule has 0 fully saturated rings. The number of hydrogen-bond acceptors (Lipinski definition) is 6. The summed E-state index contributed by atoms with van der Waals surface area (Å²) in [4.78, 5) is 0.152. The van der Waals surface area contributed by atoms with E-state index in [1.807, 2.05) is 6.92 Å². The summed E-state index contributed by atoms with van der Waals surface area (Å²) < 4.78 is 33.4. The van der Waals surface area contributed by atoms with Crippen LogP contribution in [-0.2, 0) is 10.0 Å². The van der Waals surface area contributed by atoms with Crippen LogP contribution in [0.25, 0.3) is 0 Å². The minimum atomic E-state index is -3.69. The lowest BCUT2D eigenvalue weighted by atomic mass is 10.2. The molecule has 0 bridgehead atoms. The molecular weight excluding hydrogens is 410 g/mol. The van der Waals surface area contributed by atoms with E-state index in [2.05, 4.69) is 30.9 Å². The Hall–Kier alpha value is -2.39. The smallest absolute Gasteiger partial charge is 0.285 e. The van der Waals surface area contributed by atoms with Crippen molar-refractivity contribution in [3.05, 3.63) is 52.0 Å². The van der Waals surface area contributed by atoms with Crippen LogP contribution < -0.4 is 10.2 Å². The number of aromatic hydroxyl groups is 1. The van der Waals surface area contributed by atoms with E-state index in [0.717, 1.165) is 0 Å². The summed E-state index contributed by atoms with van der Waals surface area (Å²) in [5, 5.41) is 13.9. The second-order valence-corrected chi connectivity index (χ2v) is 7.49. The van der Waals surface area contributed by atoms with Gasteiger partial charge in [0.25, 0.3) is 10.0 Å². The number of nitrogens with one attached hydrogen (secondary N) is 1. The van der Waals surface area contributed by atoms with Crippen LogP contribution in [0.1, 0.15) is 18.1 Å². The van der Waals surface area contributed by atoms with Gasteiger partial charge in [0.1, 0.15) is 4.90 Å². The first-order chi connectivity index (χ1) is 11.9. The minimum absolute atomic E-state index is 0.00662. The Bertz CT molecular complexity index is 987. The van der Waals surface area contributed by atoms with Gasteiger partial charge < -0.3 is 9.84 Å². The lowest BCUT2D eigenvalue weighted by Gasteiger charge is -2.08. The third-order valence-corrected chi connectivity index (χ3v) is 5.31. The minimum Gasteiger partial charge on any atom is -0.503 e. The molecule has 0 aromatic heterocycles. The van der Waals surface area contributed by atoms with Crippen molar-refractivity contribution in [2.45, 2.75) is 11.8 Å². The second kappa shape index (κ2) is 6.85. The van der Waals surface area contributed by atoms with Crippen molar-refractivity contribution >= 4 is 38.0 Å². The molecule has 0 radical (unpaired) electrons. The fourth-order valence-electron chi connectivity index (χ4n) is 2.29. The third-order valence-electron chi connectivity index (χ3n) is 3.37. The van der Waals surface area contributed by atoms with Crippen LogP contribution in [0.3, 0.4) is 0 Å². The van der Waals surface area contributed by atoms with Gasteiger partial charge in [-0.25, -0.2) is 0 Å². The van der Waals surface area contributed by atoms with Gasteiger partial charge >= 0.3 is 0 Å². The van der Waals surface area contributed by atoms with Crippen molar-refractivity contribution in [1.82, 2.24) is 5.43 Å². The van der Waals surface area contributed by atoms with Crippen LogP contribution in [0.15, 0.2) is 55.3 Å². The van der Waals surface area contributed by atoms with Gasteiger partial charge in [-0.2, -0.15) is 13.5 Å². The number of rotatable bonds is 4. The van der Waals surface area contributed by atoms with Crippen LogP contribution in [0.2, 0.25) is 0 Å². The molecular formula is C16H14BrN3O4S. The van der Waals surface area contributed by atoms with Gasteiger partial charge in [0.15, 0.2) is 17.3 Å². The van der Waals surface area contributed by atoms with Crippen molar-refractivity contribution in [3.8, 4) is 11.5 Å². The predicted octanol–water partition coefficient (Wildman–Crippen LogP) is 2.63. The SMILES string of the molecule is CCOc1cc(/C=N/NC2=NS(=O)(=O)c3ccccc32)cc(Br)c1O. The van der Waals surface area contributed by atoms with Gasteiger partial charge in [-0.1, -0.05) is 12.1 Å². The van der Waals surface area contributed by atoms with Crippen LogP contribution in [0, 0.1) is 0 Å². The molecule has 2 aromatic carbocycles. The van der Waals surface area contributed by atoms with Gasteiger partial charge in [0, 0.05) is 5.56 Å². The van der Waals surface area contributed by atoms with Crippen molar-refractivity contribution in [2.75, 3.05) is 6.61 Å². The fraction of sp³-hybridized carbons (Fsp3) is 0.125. The van der Waals surface area contributed by atoms with E-state index >= 15 is 0 Å². The standard InChI is InChI=1S/C16H14BrN3O4S/c1-2-24-13-8-10(7-12(17)15(13)21)9-18-19-16-11-5-3-4-6-14(11)25(22,23)20-16/h3-9,21H,2H2,1H3,(H,19,20)/b18-9+. The quantitative estimate of drug-likeness (QED) is 0.581. The Morgan fingerprint density at radius 2 is 2.12 bits per heavy atom. The molecule has 25 heavy (non-hydrogen) atoms. The molecule has 1 aliphatic rings. The molecule has 1 heterocycles. The summed E-state index contributed by atoms with van der Waals surface area (Å²) in [5.41, 5.74) is 3.77. The molecule has 1 aliphatic heterocycles. The number of benzene rings is 2. The number of nitrogens with zero attached hydrogens (tertiary/aromatic N) is 2. The van der Waals surface area contributed by atoms with Crippen LogP contribution in [-0.4, -0.2) is 32.2 Å². The number of amidine groups is 1. The summed E-state index contributed by atoms with van der Waals surface area (Å²) in [6, 6.07) is 9.80. The fourth-order valence-corrected chi connectivity index (χ4v) is 3.92. The molecule has 2 N–H and O–H groups in total. The Kier molecular flexibility index (Phi) is 4.78. The average Bonchev–Trinajstić information content (AvgIpc) is 2.84. The monoisotopic (exact) mass is 423 g/mol. The number of ether oxygens (including phenoxy) is 1. The first-order valence-electron chi connectivity index (χ1n) is 7.31. The van der Waals surface area contributed by atoms with Gasteiger partial charge in [-0.3, -0.25) is 5.43 Å². The zero-order chi connectivity index (χ0) is 18.0. The number of phenols is 1. The van der Waals surface area contributed by atoms with E-state index in [1.54, 1.807) is 30.3 Å². The second-order valence-electron chi connectivity index (χ2n) is 5.06. The summed E-state index contributed by atoms with van der Waals surface area (Å²) in [5.74, 6) is 0.492. The summed E-state index contributed by atoms with van der Waals surface area (Å²) >= 11 is 3.25. The highest BCUT2D eigenvalue weighted by Crippen LogP contribution is 2.35. The Labute approximate surface area is 153 Å². The normalized spacial score (nSPS) is 15.0. The van der Waals surface area contributed by atoms with E-state index in [1.165, 1.54) is 12.3 Å². The summed E-state index contributed by atoms with van der Waals surface area (Å²) in [6.45, 7) is 2.22. The molecule has 130 valence electrons. The molecule has 0 aliphatic carbocycles. The highest BCUT2D eigenvalue weighted by molar-refractivity contribution is 9.10. The lowest BCUT2D eigenvalue weighted by molar-refractivity contribution is 0.317.